The molecule has 12 aromatic rings. The Hall–Kier alpha value is -7.46. The molecule has 1 aliphatic carbocycles. The van der Waals surface area contributed by atoms with Gasteiger partial charge in [0.05, 0.1) is 43.3 Å². The van der Waals surface area contributed by atoms with Crippen LogP contribution in [0.25, 0.3) is 99.1 Å². The highest BCUT2D eigenvalue weighted by molar-refractivity contribution is 9.10. The van der Waals surface area contributed by atoms with Gasteiger partial charge in [-0.05, 0) is 180 Å². The van der Waals surface area contributed by atoms with Gasteiger partial charge in [0, 0.05) is 27.1 Å². The van der Waals surface area contributed by atoms with E-state index < -0.39 is 5.41 Å². The Morgan fingerprint density at radius 3 is 1.21 bits per heavy atom. The van der Waals surface area contributed by atoms with Crippen molar-refractivity contribution in [3.05, 3.63) is 237 Å². The standard InChI is InChI=1S/C79H75BrN2/c1-74(2,3)47-30-28-46(29-31-47)52-35-36-55(54-23-17-16-22-53(52)54)62-45-66-73(70(80)72(62)81-67-37-32-48(75(4,5)6)40-58(67)59-41-49(76(7,8)9)33-38-68(59)81)82-69-39-34-50(77(10,11)12)42-60(69)61-43-51(78(13,14)15)44-65(71(61)82)79(66)63-26-20-18-24-56(63)57-25-19-21-27-64(57)79/h16-45H,1-15H3. The zero-order chi connectivity index (χ0) is 57.5. The summed E-state index contributed by atoms with van der Waals surface area (Å²) in [4.78, 5) is 0. The molecule has 0 radical (unpaired) electrons. The van der Waals surface area contributed by atoms with Gasteiger partial charge in [0.25, 0.3) is 0 Å². The SMILES string of the molecule is CC(C)(C)c1ccc(-c2ccc(-c3cc4c(c(Br)c3-n3c5ccc(C(C)(C)C)cc5c5cc(C(C)(C)C)ccc53)-n3c5ccc(C(C)(C)C)cc5c5cc(C(C)(C)C)cc(c53)C43c4ccccc4-c4ccccc43)c3ccccc23)cc1. The molecular formula is C79H75BrN2. The lowest BCUT2D eigenvalue weighted by Gasteiger charge is -2.41. The highest BCUT2D eigenvalue weighted by Gasteiger charge is 2.52. The number of halogens is 1. The quantitative estimate of drug-likeness (QED) is 0.167. The largest absolute Gasteiger partial charge is 0.307 e. The first kappa shape index (κ1) is 52.6. The first-order valence-corrected chi connectivity index (χ1v) is 30.5. The van der Waals surface area contributed by atoms with E-state index in [1.165, 1.54) is 144 Å². The van der Waals surface area contributed by atoms with Crippen molar-refractivity contribution in [1.29, 1.82) is 0 Å². The van der Waals surface area contributed by atoms with Gasteiger partial charge in [0.1, 0.15) is 0 Å². The first-order chi connectivity index (χ1) is 38.8. The zero-order valence-corrected chi connectivity index (χ0v) is 52.2. The normalized spacial score (nSPS) is 14.2. The molecule has 10 aromatic carbocycles. The van der Waals surface area contributed by atoms with Crippen LogP contribution in [0.15, 0.2) is 186 Å². The number of hydrogen-bond acceptors (Lipinski definition) is 0. The van der Waals surface area contributed by atoms with E-state index in [1.807, 2.05) is 0 Å². The van der Waals surface area contributed by atoms with Crippen molar-refractivity contribution in [3.63, 3.8) is 0 Å². The molecule has 14 rings (SSSR count). The molecule has 0 amide bonds. The molecule has 0 unspecified atom stereocenters. The number of rotatable bonds is 3. The van der Waals surface area contributed by atoms with Crippen LogP contribution in [-0.2, 0) is 32.5 Å². The third-order valence-electron chi connectivity index (χ3n) is 18.8. The van der Waals surface area contributed by atoms with Crippen molar-refractivity contribution >= 4 is 70.3 Å². The summed E-state index contributed by atoms with van der Waals surface area (Å²) >= 11 is 4.79. The average molecular weight is 1130 g/mol. The molecule has 3 heterocycles. The number of nitrogens with zero attached hydrogens (tertiary/aromatic N) is 2. The van der Waals surface area contributed by atoms with Gasteiger partial charge < -0.3 is 9.13 Å². The van der Waals surface area contributed by atoms with Gasteiger partial charge in [-0.15, -0.1) is 0 Å². The molecule has 82 heavy (non-hydrogen) atoms. The Morgan fingerprint density at radius 2 is 0.707 bits per heavy atom. The number of fused-ring (bicyclic) bond motifs is 16. The Balaban J connectivity index is 1.22. The van der Waals surface area contributed by atoms with Crippen molar-refractivity contribution in [1.82, 2.24) is 9.13 Å². The molecule has 2 aliphatic rings. The van der Waals surface area contributed by atoms with Crippen molar-refractivity contribution in [2.75, 3.05) is 0 Å². The molecule has 0 N–H and O–H groups in total. The van der Waals surface area contributed by atoms with Gasteiger partial charge in [-0.3, -0.25) is 0 Å². The third-order valence-corrected chi connectivity index (χ3v) is 19.5. The van der Waals surface area contributed by atoms with Gasteiger partial charge >= 0.3 is 0 Å². The molecule has 2 nitrogen and oxygen atoms in total. The van der Waals surface area contributed by atoms with E-state index >= 15 is 0 Å². The van der Waals surface area contributed by atoms with Crippen LogP contribution in [0.5, 0.6) is 0 Å². The first-order valence-electron chi connectivity index (χ1n) is 29.7. The number of hydrogen-bond donors (Lipinski definition) is 0. The Morgan fingerprint density at radius 1 is 0.293 bits per heavy atom. The minimum absolute atomic E-state index is 0.0499. The fourth-order valence-electron chi connectivity index (χ4n) is 14.2. The number of aromatic nitrogens is 2. The lowest BCUT2D eigenvalue weighted by atomic mass is 9.64. The van der Waals surface area contributed by atoms with Crippen LogP contribution in [0.3, 0.4) is 0 Å². The second-order valence-electron chi connectivity index (χ2n) is 29.1. The van der Waals surface area contributed by atoms with Crippen molar-refractivity contribution in [2.24, 2.45) is 0 Å². The molecule has 0 atom stereocenters. The molecule has 2 aromatic heterocycles. The van der Waals surface area contributed by atoms with Gasteiger partial charge in [-0.2, -0.15) is 0 Å². The Labute approximate surface area is 494 Å². The average Bonchev–Trinajstić information content (AvgIpc) is 1.71. The zero-order valence-electron chi connectivity index (χ0n) is 50.6. The van der Waals surface area contributed by atoms with Crippen LogP contribution in [0, 0.1) is 0 Å². The van der Waals surface area contributed by atoms with E-state index in [4.69, 9.17) is 15.9 Å². The van der Waals surface area contributed by atoms with E-state index in [0.29, 0.717) is 0 Å². The van der Waals surface area contributed by atoms with E-state index in [2.05, 4.69) is 295 Å². The fourth-order valence-corrected chi connectivity index (χ4v) is 15.0. The predicted molar refractivity (Wildman–Crippen MR) is 356 cm³/mol. The predicted octanol–water partition coefficient (Wildman–Crippen LogP) is 22.3. The summed E-state index contributed by atoms with van der Waals surface area (Å²) < 4.78 is 6.36. The molecule has 0 saturated carbocycles. The van der Waals surface area contributed by atoms with Gasteiger partial charge in [0.15, 0.2) is 0 Å². The lowest BCUT2D eigenvalue weighted by molar-refractivity contribution is 0.588. The van der Waals surface area contributed by atoms with Crippen LogP contribution < -0.4 is 0 Å². The summed E-state index contributed by atoms with van der Waals surface area (Å²) in [6, 6.07) is 71.6. The summed E-state index contributed by atoms with van der Waals surface area (Å²) in [5.74, 6) is 0. The fraction of sp³-hybridized carbons (Fsp3) is 0.266. The maximum absolute atomic E-state index is 4.79. The highest BCUT2D eigenvalue weighted by atomic mass is 79.9. The summed E-state index contributed by atoms with van der Waals surface area (Å²) in [7, 11) is 0. The molecule has 0 fully saturated rings. The minimum Gasteiger partial charge on any atom is -0.307 e. The van der Waals surface area contributed by atoms with Gasteiger partial charge in [0.2, 0.25) is 0 Å². The van der Waals surface area contributed by atoms with E-state index in [-0.39, 0.29) is 27.1 Å². The molecule has 0 saturated heterocycles. The monoisotopic (exact) mass is 1130 g/mol. The molecule has 1 spiro atoms. The van der Waals surface area contributed by atoms with E-state index in [1.54, 1.807) is 0 Å². The second-order valence-corrected chi connectivity index (χ2v) is 29.9. The maximum Gasteiger partial charge on any atom is 0.0755 e. The topological polar surface area (TPSA) is 9.86 Å². The van der Waals surface area contributed by atoms with Crippen LogP contribution in [-0.4, -0.2) is 9.13 Å². The summed E-state index contributed by atoms with van der Waals surface area (Å²) in [5, 5.41) is 7.56. The van der Waals surface area contributed by atoms with Crippen molar-refractivity contribution in [2.45, 2.75) is 136 Å². The minimum atomic E-state index is -0.705. The van der Waals surface area contributed by atoms with Crippen LogP contribution in [0.1, 0.15) is 154 Å². The molecule has 3 heteroatoms. The molecular weight excluding hydrogens is 1060 g/mol. The molecule has 408 valence electrons. The van der Waals surface area contributed by atoms with Crippen molar-refractivity contribution in [3.8, 4) is 44.8 Å². The van der Waals surface area contributed by atoms with Crippen LogP contribution >= 0.6 is 15.9 Å². The molecule has 1 aliphatic heterocycles. The van der Waals surface area contributed by atoms with Crippen LogP contribution in [0.2, 0.25) is 0 Å². The van der Waals surface area contributed by atoms with Gasteiger partial charge in [-0.1, -0.05) is 237 Å². The Bertz CT molecular complexity index is 4570. The van der Waals surface area contributed by atoms with Crippen LogP contribution in [0.4, 0.5) is 0 Å². The second kappa shape index (κ2) is 17.5. The number of benzene rings is 10. The van der Waals surface area contributed by atoms with Crippen molar-refractivity contribution < 1.29 is 0 Å². The van der Waals surface area contributed by atoms with E-state index in [9.17, 15) is 0 Å². The van der Waals surface area contributed by atoms with Gasteiger partial charge in [-0.25, -0.2) is 0 Å². The highest BCUT2D eigenvalue weighted by Crippen LogP contribution is 2.64. The summed E-state index contributed by atoms with van der Waals surface area (Å²) in [6.45, 7) is 35.1. The van der Waals surface area contributed by atoms with E-state index in [0.717, 1.165) is 10.2 Å². The summed E-state index contributed by atoms with van der Waals surface area (Å²) in [6.07, 6.45) is 0. The molecule has 0 bridgehead atoms. The lowest BCUT2D eigenvalue weighted by Crippen LogP contribution is -2.34. The maximum atomic E-state index is 4.79. The Kier molecular flexibility index (Phi) is 11.3. The summed E-state index contributed by atoms with van der Waals surface area (Å²) in [5.41, 5.74) is 25.5. The third kappa shape index (κ3) is 7.56. The smallest absolute Gasteiger partial charge is 0.0755 e.